The molecule has 1 N–H and O–H groups in total. The Morgan fingerprint density at radius 2 is 1.96 bits per heavy atom. The molecular formula is C17H24N2O5S. The van der Waals surface area contributed by atoms with Crippen LogP contribution in [0, 0.1) is 5.92 Å². The fourth-order valence-corrected chi connectivity index (χ4v) is 3.95. The first kappa shape index (κ1) is 19.4. The molecule has 1 atom stereocenters. The summed E-state index contributed by atoms with van der Waals surface area (Å²) in [6, 6.07) is 9.53. The Morgan fingerprint density at radius 3 is 2.56 bits per heavy atom. The minimum atomic E-state index is -3.35. The summed E-state index contributed by atoms with van der Waals surface area (Å²) in [7, 11) is -3.35. The number of sulfonamides is 1. The topological polar surface area (TPSA) is 95.0 Å². The van der Waals surface area contributed by atoms with Gasteiger partial charge in [-0.2, -0.15) is 0 Å². The molecule has 0 bridgehead atoms. The largest absolute Gasteiger partial charge is 0.480 e. The molecule has 1 heterocycles. The third-order valence-corrected chi connectivity index (χ3v) is 5.62. The van der Waals surface area contributed by atoms with Crippen molar-refractivity contribution >= 4 is 21.9 Å². The van der Waals surface area contributed by atoms with Gasteiger partial charge in [-0.25, -0.2) is 12.7 Å². The molecule has 8 heteroatoms. The van der Waals surface area contributed by atoms with Gasteiger partial charge < -0.3 is 10.0 Å². The van der Waals surface area contributed by atoms with Crippen LogP contribution in [0.3, 0.4) is 0 Å². The summed E-state index contributed by atoms with van der Waals surface area (Å²) in [5, 5.41) is 9.11. The number of carboxylic acids is 1. The van der Waals surface area contributed by atoms with Gasteiger partial charge in [0.15, 0.2) is 0 Å². The predicted molar refractivity (Wildman–Crippen MR) is 93.5 cm³/mol. The Balaban J connectivity index is 2.05. The van der Waals surface area contributed by atoms with Crippen LogP contribution in [0.4, 0.5) is 0 Å². The number of amides is 1. The van der Waals surface area contributed by atoms with Crippen LogP contribution >= 0.6 is 0 Å². The molecule has 1 aromatic carbocycles. The van der Waals surface area contributed by atoms with Gasteiger partial charge in [-0.05, 0) is 24.8 Å². The van der Waals surface area contributed by atoms with E-state index in [9.17, 15) is 18.0 Å². The summed E-state index contributed by atoms with van der Waals surface area (Å²) in [5.74, 6) is -1.84. The number of benzene rings is 1. The lowest BCUT2D eigenvalue weighted by Gasteiger charge is -2.33. The maximum Gasteiger partial charge on any atom is 0.323 e. The molecule has 0 saturated carbocycles. The summed E-state index contributed by atoms with van der Waals surface area (Å²) in [6.45, 7) is 0.455. The number of aliphatic carboxylic acids is 1. The fourth-order valence-electron chi connectivity index (χ4n) is 3.04. The van der Waals surface area contributed by atoms with Crippen molar-refractivity contribution in [2.45, 2.75) is 19.3 Å². The van der Waals surface area contributed by atoms with Crippen LogP contribution in [0.1, 0.15) is 18.4 Å². The van der Waals surface area contributed by atoms with E-state index in [2.05, 4.69) is 0 Å². The van der Waals surface area contributed by atoms with E-state index in [0.29, 0.717) is 32.4 Å². The van der Waals surface area contributed by atoms with Gasteiger partial charge in [-0.1, -0.05) is 30.3 Å². The number of carbonyl (C=O) groups is 2. The lowest BCUT2D eigenvalue weighted by atomic mass is 9.97. The normalized spacial score (nSPS) is 18.7. The fraction of sp³-hybridized carbons (Fsp3) is 0.529. The van der Waals surface area contributed by atoms with Gasteiger partial charge in [0.05, 0.1) is 12.2 Å². The van der Waals surface area contributed by atoms with Crippen LogP contribution in [0.15, 0.2) is 30.3 Å². The molecule has 2 rings (SSSR count). The molecule has 0 radical (unpaired) electrons. The molecule has 1 fully saturated rings. The molecular weight excluding hydrogens is 344 g/mol. The highest BCUT2D eigenvalue weighted by Crippen LogP contribution is 2.21. The van der Waals surface area contributed by atoms with Gasteiger partial charge >= 0.3 is 5.97 Å². The van der Waals surface area contributed by atoms with Crippen LogP contribution in [-0.2, 0) is 26.0 Å². The highest BCUT2D eigenvalue weighted by atomic mass is 32.2. The van der Waals surface area contributed by atoms with E-state index in [4.69, 9.17) is 5.11 Å². The van der Waals surface area contributed by atoms with E-state index < -0.39 is 21.9 Å². The van der Waals surface area contributed by atoms with Crippen LogP contribution in [0.25, 0.3) is 0 Å². The SMILES string of the molecule is CS(=O)(=O)N1CCC[C@H](C(=O)N(CCc2ccccc2)CC(=O)O)C1. The summed E-state index contributed by atoms with van der Waals surface area (Å²) < 4.78 is 24.7. The Hall–Kier alpha value is -1.93. The standard InChI is InChI=1S/C17H24N2O5S/c1-25(23,24)19-10-5-8-15(12-19)17(22)18(13-16(20)21)11-9-14-6-3-2-4-7-14/h2-4,6-7,15H,5,8-13H2,1H3,(H,20,21)/t15-/m0/s1. The van der Waals surface area contributed by atoms with Gasteiger partial charge in [0, 0.05) is 19.6 Å². The summed E-state index contributed by atoms with van der Waals surface area (Å²) in [6.07, 6.45) is 2.86. The Morgan fingerprint density at radius 1 is 1.28 bits per heavy atom. The average molecular weight is 368 g/mol. The number of rotatable bonds is 7. The van der Waals surface area contributed by atoms with Crippen molar-refractivity contribution in [3.8, 4) is 0 Å². The minimum absolute atomic E-state index is 0.124. The number of nitrogens with zero attached hydrogens (tertiary/aromatic N) is 2. The molecule has 25 heavy (non-hydrogen) atoms. The summed E-state index contributed by atoms with van der Waals surface area (Å²) in [5.41, 5.74) is 1.02. The Labute approximate surface area is 148 Å². The van der Waals surface area contributed by atoms with Gasteiger partial charge in [0.2, 0.25) is 15.9 Å². The average Bonchev–Trinajstić information content (AvgIpc) is 2.58. The van der Waals surface area contributed by atoms with E-state index in [0.717, 1.165) is 11.8 Å². The zero-order valence-corrected chi connectivity index (χ0v) is 15.1. The highest BCUT2D eigenvalue weighted by Gasteiger charge is 2.33. The molecule has 1 aliphatic heterocycles. The second-order valence-corrected chi connectivity index (χ2v) is 8.33. The maximum atomic E-state index is 12.8. The number of hydrogen-bond donors (Lipinski definition) is 1. The Bertz CT molecular complexity index is 705. The van der Waals surface area contributed by atoms with Crippen molar-refractivity contribution in [2.24, 2.45) is 5.92 Å². The summed E-state index contributed by atoms with van der Waals surface area (Å²) >= 11 is 0. The van der Waals surface area contributed by atoms with E-state index in [1.807, 2.05) is 30.3 Å². The first-order valence-electron chi connectivity index (χ1n) is 8.27. The monoisotopic (exact) mass is 368 g/mol. The van der Waals surface area contributed by atoms with Crippen molar-refractivity contribution in [1.82, 2.24) is 9.21 Å². The quantitative estimate of drug-likeness (QED) is 0.769. The first-order valence-corrected chi connectivity index (χ1v) is 10.1. The first-order chi connectivity index (χ1) is 11.8. The number of piperidine rings is 1. The van der Waals surface area contributed by atoms with Crippen LogP contribution in [-0.4, -0.2) is 67.0 Å². The molecule has 0 aliphatic carbocycles. The zero-order valence-electron chi connectivity index (χ0n) is 14.3. The highest BCUT2D eigenvalue weighted by molar-refractivity contribution is 7.88. The molecule has 0 unspecified atom stereocenters. The molecule has 1 aromatic rings. The van der Waals surface area contributed by atoms with Gasteiger partial charge in [0.1, 0.15) is 6.54 Å². The van der Waals surface area contributed by atoms with E-state index in [1.54, 1.807) is 0 Å². The van der Waals surface area contributed by atoms with Crippen LogP contribution in [0.2, 0.25) is 0 Å². The van der Waals surface area contributed by atoms with Gasteiger partial charge in [-0.15, -0.1) is 0 Å². The van der Waals surface area contributed by atoms with Crippen molar-refractivity contribution < 1.29 is 23.1 Å². The molecule has 1 amide bonds. The van der Waals surface area contributed by atoms with Crippen LogP contribution < -0.4 is 0 Å². The van der Waals surface area contributed by atoms with E-state index in [-0.39, 0.29) is 19.0 Å². The number of hydrogen-bond acceptors (Lipinski definition) is 4. The predicted octanol–water partition coefficient (Wildman–Crippen LogP) is 0.814. The van der Waals surface area contributed by atoms with E-state index in [1.165, 1.54) is 9.21 Å². The van der Waals surface area contributed by atoms with Crippen molar-refractivity contribution in [3.63, 3.8) is 0 Å². The van der Waals surface area contributed by atoms with Crippen LogP contribution in [0.5, 0.6) is 0 Å². The third kappa shape index (κ3) is 5.82. The molecule has 7 nitrogen and oxygen atoms in total. The maximum absolute atomic E-state index is 12.8. The lowest BCUT2D eigenvalue weighted by molar-refractivity contribution is -0.146. The van der Waals surface area contributed by atoms with Crippen molar-refractivity contribution in [1.29, 1.82) is 0 Å². The molecule has 0 spiro atoms. The smallest absolute Gasteiger partial charge is 0.323 e. The Kier molecular flexibility index (Phi) is 6.55. The number of carbonyl (C=O) groups excluding carboxylic acids is 1. The third-order valence-electron chi connectivity index (χ3n) is 4.35. The van der Waals surface area contributed by atoms with Gasteiger partial charge in [-0.3, -0.25) is 9.59 Å². The lowest BCUT2D eigenvalue weighted by Crippen LogP contribution is -2.48. The van der Waals surface area contributed by atoms with Crippen molar-refractivity contribution in [2.75, 3.05) is 32.4 Å². The van der Waals surface area contributed by atoms with Crippen molar-refractivity contribution in [3.05, 3.63) is 35.9 Å². The second-order valence-electron chi connectivity index (χ2n) is 6.35. The number of carboxylic acid groups (broad SMARTS) is 1. The zero-order chi connectivity index (χ0) is 18.4. The minimum Gasteiger partial charge on any atom is -0.480 e. The summed E-state index contributed by atoms with van der Waals surface area (Å²) in [4.78, 5) is 25.2. The molecule has 1 saturated heterocycles. The molecule has 0 aromatic heterocycles. The molecule has 1 aliphatic rings. The second kappa shape index (κ2) is 8.44. The molecule has 138 valence electrons. The van der Waals surface area contributed by atoms with Gasteiger partial charge in [0.25, 0.3) is 0 Å². The van der Waals surface area contributed by atoms with E-state index >= 15 is 0 Å².